The SMILES string of the molecule is CCc1cc2c(C)cc(=O)oc2cc1OC(=O)CN1C(=O)NC2(CCCC2)C1=O. The fraction of sp³-hybridized carbons (Fsp3) is 0.429. The Balaban J connectivity index is 1.57. The van der Waals surface area contributed by atoms with E-state index in [1.165, 1.54) is 12.1 Å². The minimum Gasteiger partial charge on any atom is -0.425 e. The summed E-state index contributed by atoms with van der Waals surface area (Å²) in [7, 11) is 0. The molecule has 1 spiro atoms. The van der Waals surface area contributed by atoms with Crippen LogP contribution in [0.1, 0.15) is 43.7 Å². The molecule has 8 nitrogen and oxygen atoms in total. The number of imide groups is 1. The summed E-state index contributed by atoms with van der Waals surface area (Å²) in [5.41, 5.74) is 0.487. The third-order valence-electron chi connectivity index (χ3n) is 5.73. The summed E-state index contributed by atoms with van der Waals surface area (Å²) in [6.45, 7) is 3.25. The number of nitrogens with zero attached hydrogens (tertiary/aromatic N) is 1. The highest BCUT2D eigenvalue weighted by atomic mass is 16.5. The molecule has 1 aliphatic heterocycles. The number of urea groups is 1. The van der Waals surface area contributed by atoms with E-state index in [9.17, 15) is 19.2 Å². The van der Waals surface area contributed by atoms with E-state index in [1.54, 1.807) is 6.92 Å². The molecule has 3 amide bonds. The van der Waals surface area contributed by atoms with E-state index < -0.39 is 29.7 Å². The van der Waals surface area contributed by atoms with Gasteiger partial charge in [0.2, 0.25) is 0 Å². The Morgan fingerprint density at radius 1 is 1.21 bits per heavy atom. The molecule has 2 aromatic rings. The van der Waals surface area contributed by atoms with Gasteiger partial charge < -0.3 is 14.5 Å². The van der Waals surface area contributed by atoms with Gasteiger partial charge in [0.1, 0.15) is 23.4 Å². The Morgan fingerprint density at radius 2 is 1.93 bits per heavy atom. The number of esters is 1. The number of hydrogen-bond acceptors (Lipinski definition) is 6. The zero-order valence-electron chi connectivity index (χ0n) is 16.4. The van der Waals surface area contributed by atoms with Crippen LogP contribution in [0.4, 0.5) is 4.79 Å². The average Bonchev–Trinajstić information content (AvgIpc) is 3.22. The van der Waals surface area contributed by atoms with E-state index in [-0.39, 0.29) is 11.7 Å². The van der Waals surface area contributed by atoms with Crippen molar-refractivity contribution in [3.63, 3.8) is 0 Å². The molecular weight excluding hydrogens is 376 g/mol. The Labute approximate surface area is 166 Å². The van der Waals surface area contributed by atoms with Gasteiger partial charge in [0, 0.05) is 17.5 Å². The second kappa shape index (κ2) is 7.02. The third kappa shape index (κ3) is 3.28. The summed E-state index contributed by atoms with van der Waals surface area (Å²) in [4.78, 5) is 50.0. The van der Waals surface area contributed by atoms with Crippen LogP contribution in [0.25, 0.3) is 11.0 Å². The summed E-state index contributed by atoms with van der Waals surface area (Å²) >= 11 is 0. The molecule has 0 unspecified atom stereocenters. The fourth-order valence-electron chi connectivity index (χ4n) is 4.18. The minimum atomic E-state index is -0.865. The van der Waals surface area contributed by atoms with Crippen molar-refractivity contribution in [1.82, 2.24) is 10.2 Å². The summed E-state index contributed by atoms with van der Waals surface area (Å²) in [6, 6.07) is 4.16. The molecule has 29 heavy (non-hydrogen) atoms. The van der Waals surface area contributed by atoms with Crippen LogP contribution < -0.4 is 15.7 Å². The molecule has 0 bridgehead atoms. The molecule has 0 radical (unpaired) electrons. The quantitative estimate of drug-likeness (QED) is 0.367. The number of nitrogens with one attached hydrogen (secondary N) is 1. The van der Waals surface area contributed by atoms with Crippen LogP contribution in [0, 0.1) is 6.92 Å². The van der Waals surface area contributed by atoms with Crippen LogP contribution in [0.3, 0.4) is 0 Å². The number of rotatable bonds is 4. The van der Waals surface area contributed by atoms with Gasteiger partial charge in [-0.3, -0.25) is 9.69 Å². The van der Waals surface area contributed by atoms with Gasteiger partial charge in [0.05, 0.1) is 0 Å². The molecule has 1 aromatic carbocycles. The molecule has 1 aromatic heterocycles. The van der Waals surface area contributed by atoms with Gasteiger partial charge in [-0.15, -0.1) is 0 Å². The zero-order chi connectivity index (χ0) is 20.8. The molecule has 1 N–H and O–H groups in total. The average molecular weight is 398 g/mol. The predicted molar refractivity (Wildman–Crippen MR) is 104 cm³/mol. The number of carbonyl (C=O) groups is 3. The first-order valence-corrected chi connectivity index (χ1v) is 9.75. The Bertz CT molecular complexity index is 1080. The molecule has 152 valence electrons. The first-order valence-electron chi connectivity index (χ1n) is 9.75. The molecule has 2 fully saturated rings. The molecule has 1 aliphatic carbocycles. The van der Waals surface area contributed by atoms with Gasteiger partial charge in [-0.1, -0.05) is 19.8 Å². The van der Waals surface area contributed by atoms with Crippen molar-refractivity contribution < 1.29 is 23.5 Å². The Morgan fingerprint density at radius 3 is 2.62 bits per heavy atom. The van der Waals surface area contributed by atoms with Crippen LogP contribution in [-0.4, -0.2) is 34.9 Å². The lowest BCUT2D eigenvalue weighted by Crippen LogP contribution is -2.44. The normalized spacial score (nSPS) is 17.9. The summed E-state index contributed by atoms with van der Waals surface area (Å²) in [5, 5.41) is 3.50. The number of aryl methyl sites for hydroxylation is 2. The summed E-state index contributed by atoms with van der Waals surface area (Å²) in [5.74, 6) is -0.846. The highest BCUT2D eigenvalue weighted by Gasteiger charge is 2.52. The van der Waals surface area contributed by atoms with Gasteiger partial charge in [-0.05, 0) is 43.4 Å². The standard InChI is InChI=1S/C21H22N2O6/c1-3-13-9-14-12(2)8-17(24)29-16(14)10-15(13)28-18(25)11-23-19(26)21(22-20(23)27)6-4-5-7-21/h8-10H,3-7,11H2,1-2H3,(H,22,27). The fourth-order valence-corrected chi connectivity index (χ4v) is 4.18. The topological polar surface area (TPSA) is 106 Å². The van der Waals surface area contributed by atoms with Gasteiger partial charge in [0.15, 0.2) is 0 Å². The van der Waals surface area contributed by atoms with Gasteiger partial charge in [-0.2, -0.15) is 0 Å². The van der Waals surface area contributed by atoms with E-state index in [2.05, 4.69) is 5.32 Å². The van der Waals surface area contributed by atoms with Crippen molar-refractivity contribution in [3.05, 3.63) is 39.7 Å². The lowest BCUT2D eigenvalue weighted by molar-refractivity contribution is -0.141. The van der Waals surface area contributed by atoms with E-state index >= 15 is 0 Å². The molecule has 2 heterocycles. The number of carbonyl (C=O) groups excluding carboxylic acids is 3. The van der Waals surface area contributed by atoms with Crippen molar-refractivity contribution in [2.24, 2.45) is 0 Å². The zero-order valence-corrected chi connectivity index (χ0v) is 16.4. The first kappa shape index (κ1) is 19.2. The monoisotopic (exact) mass is 398 g/mol. The van der Waals surface area contributed by atoms with Crippen molar-refractivity contribution in [2.75, 3.05) is 6.54 Å². The highest BCUT2D eigenvalue weighted by Crippen LogP contribution is 2.35. The van der Waals surface area contributed by atoms with Crippen LogP contribution in [0.5, 0.6) is 5.75 Å². The molecule has 8 heteroatoms. The third-order valence-corrected chi connectivity index (χ3v) is 5.73. The summed E-state index contributed by atoms with van der Waals surface area (Å²) < 4.78 is 10.7. The molecule has 2 aliphatic rings. The van der Waals surface area contributed by atoms with Crippen LogP contribution in [-0.2, 0) is 16.0 Å². The second-order valence-corrected chi connectivity index (χ2v) is 7.64. The Kier molecular flexibility index (Phi) is 4.64. The molecule has 1 saturated heterocycles. The number of amides is 3. The van der Waals surface area contributed by atoms with Crippen LogP contribution in [0.2, 0.25) is 0 Å². The predicted octanol–water partition coefficient (Wildman–Crippen LogP) is 2.43. The number of hydrogen-bond donors (Lipinski definition) is 1. The maximum absolute atomic E-state index is 12.7. The lowest BCUT2D eigenvalue weighted by atomic mass is 9.98. The molecular formula is C21H22N2O6. The number of fused-ring (bicyclic) bond motifs is 1. The Hall–Kier alpha value is -3.16. The van der Waals surface area contributed by atoms with E-state index in [0.29, 0.717) is 24.8 Å². The first-order chi connectivity index (χ1) is 13.8. The smallest absolute Gasteiger partial charge is 0.336 e. The minimum absolute atomic E-state index is 0.251. The van der Waals surface area contributed by atoms with Gasteiger partial charge in [-0.25, -0.2) is 14.4 Å². The van der Waals surface area contributed by atoms with Gasteiger partial charge >= 0.3 is 17.6 Å². The van der Waals surface area contributed by atoms with Crippen LogP contribution >= 0.6 is 0 Å². The van der Waals surface area contributed by atoms with Crippen molar-refractivity contribution in [3.8, 4) is 5.75 Å². The maximum Gasteiger partial charge on any atom is 0.336 e. The van der Waals surface area contributed by atoms with E-state index in [4.69, 9.17) is 9.15 Å². The van der Waals surface area contributed by atoms with E-state index in [0.717, 1.165) is 34.3 Å². The molecule has 1 saturated carbocycles. The lowest BCUT2D eigenvalue weighted by Gasteiger charge is -2.19. The van der Waals surface area contributed by atoms with Crippen molar-refractivity contribution in [2.45, 2.75) is 51.5 Å². The largest absolute Gasteiger partial charge is 0.425 e. The summed E-state index contributed by atoms with van der Waals surface area (Å²) in [6.07, 6.45) is 3.50. The number of benzene rings is 1. The molecule has 4 rings (SSSR count). The maximum atomic E-state index is 12.7. The van der Waals surface area contributed by atoms with Crippen LogP contribution in [0.15, 0.2) is 27.4 Å². The number of ether oxygens (including phenoxy) is 1. The van der Waals surface area contributed by atoms with Crippen molar-refractivity contribution >= 4 is 28.9 Å². The van der Waals surface area contributed by atoms with E-state index in [1.807, 2.05) is 13.0 Å². The van der Waals surface area contributed by atoms with Gasteiger partial charge in [0.25, 0.3) is 5.91 Å². The van der Waals surface area contributed by atoms with Crippen molar-refractivity contribution in [1.29, 1.82) is 0 Å². The highest BCUT2D eigenvalue weighted by molar-refractivity contribution is 6.09. The molecule has 0 atom stereocenters. The second-order valence-electron chi connectivity index (χ2n) is 7.64.